The van der Waals surface area contributed by atoms with Crippen molar-refractivity contribution in [2.75, 3.05) is 7.11 Å². The first kappa shape index (κ1) is 18.5. The van der Waals surface area contributed by atoms with Crippen molar-refractivity contribution < 1.29 is 4.74 Å². The van der Waals surface area contributed by atoms with Gasteiger partial charge in [-0.2, -0.15) is 0 Å². The van der Waals surface area contributed by atoms with E-state index in [2.05, 4.69) is 58.0 Å². The smallest absolute Gasteiger partial charge is 0.122 e. The maximum absolute atomic E-state index is 5.52. The van der Waals surface area contributed by atoms with Gasteiger partial charge < -0.3 is 4.74 Å². The zero-order valence-corrected chi connectivity index (χ0v) is 15.0. The van der Waals surface area contributed by atoms with E-state index < -0.39 is 0 Å². The molecule has 1 aromatic carbocycles. The van der Waals surface area contributed by atoms with Gasteiger partial charge >= 0.3 is 0 Å². The van der Waals surface area contributed by atoms with Crippen LogP contribution in [-0.2, 0) is 12.8 Å². The standard InChI is InChI=1S/C21H32O/c1-6-10-20-19(15-9-16-21(20)22-5)14-8-13-18(4)12-7-11-17(2)3/h9,11,13,15-16H,6-8,10,12,14H2,1-5H3/b18-13+. The maximum atomic E-state index is 5.52. The molecule has 0 atom stereocenters. The van der Waals surface area contributed by atoms with Gasteiger partial charge in [0.1, 0.15) is 5.75 Å². The van der Waals surface area contributed by atoms with E-state index in [0.29, 0.717) is 0 Å². The summed E-state index contributed by atoms with van der Waals surface area (Å²) in [5.41, 5.74) is 5.74. The minimum atomic E-state index is 1.05. The minimum Gasteiger partial charge on any atom is -0.496 e. The molecule has 0 N–H and O–H groups in total. The van der Waals surface area contributed by atoms with Crippen LogP contribution in [0.25, 0.3) is 0 Å². The lowest BCUT2D eigenvalue weighted by atomic mass is 9.97. The Hall–Kier alpha value is -1.50. The van der Waals surface area contributed by atoms with Crippen molar-refractivity contribution in [3.8, 4) is 5.75 Å². The average molecular weight is 300 g/mol. The van der Waals surface area contributed by atoms with Gasteiger partial charge in [0.25, 0.3) is 0 Å². The molecule has 0 radical (unpaired) electrons. The van der Waals surface area contributed by atoms with Gasteiger partial charge in [-0.15, -0.1) is 0 Å². The van der Waals surface area contributed by atoms with E-state index in [9.17, 15) is 0 Å². The lowest BCUT2D eigenvalue weighted by Crippen LogP contribution is -1.98. The van der Waals surface area contributed by atoms with E-state index in [1.807, 2.05) is 0 Å². The third-order valence-electron chi connectivity index (χ3n) is 3.95. The molecule has 0 aliphatic heterocycles. The summed E-state index contributed by atoms with van der Waals surface area (Å²) in [5, 5.41) is 0. The molecule has 0 heterocycles. The second kappa shape index (κ2) is 10.3. The van der Waals surface area contributed by atoms with E-state index in [1.165, 1.54) is 28.7 Å². The van der Waals surface area contributed by atoms with E-state index in [4.69, 9.17) is 4.74 Å². The highest BCUT2D eigenvalue weighted by molar-refractivity contribution is 5.40. The van der Waals surface area contributed by atoms with Crippen LogP contribution >= 0.6 is 0 Å². The molecular formula is C21H32O. The van der Waals surface area contributed by atoms with E-state index in [1.54, 1.807) is 7.11 Å². The molecule has 1 rings (SSSR count). The number of benzene rings is 1. The number of allylic oxidation sites excluding steroid dienone is 4. The summed E-state index contributed by atoms with van der Waals surface area (Å²) < 4.78 is 5.52. The molecule has 0 aliphatic rings. The molecule has 0 unspecified atom stereocenters. The van der Waals surface area contributed by atoms with Crippen molar-refractivity contribution in [2.45, 2.75) is 66.2 Å². The molecule has 0 spiro atoms. The van der Waals surface area contributed by atoms with E-state index in [-0.39, 0.29) is 0 Å². The third-order valence-corrected chi connectivity index (χ3v) is 3.95. The van der Waals surface area contributed by atoms with Crippen LogP contribution in [0.2, 0.25) is 0 Å². The Morgan fingerprint density at radius 1 is 1.05 bits per heavy atom. The van der Waals surface area contributed by atoms with Crippen LogP contribution in [0, 0.1) is 0 Å². The molecule has 1 heteroatoms. The Labute approximate surface area is 137 Å². The minimum absolute atomic E-state index is 1.05. The maximum Gasteiger partial charge on any atom is 0.122 e. The van der Waals surface area contributed by atoms with Crippen molar-refractivity contribution >= 4 is 0 Å². The van der Waals surface area contributed by atoms with E-state index >= 15 is 0 Å². The summed E-state index contributed by atoms with van der Waals surface area (Å²) in [6.45, 7) is 8.80. The van der Waals surface area contributed by atoms with Crippen LogP contribution in [0.1, 0.15) is 64.5 Å². The lowest BCUT2D eigenvalue weighted by Gasteiger charge is -2.13. The molecule has 0 bridgehead atoms. The average Bonchev–Trinajstić information content (AvgIpc) is 2.48. The van der Waals surface area contributed by atoms with Gasteiger partial charge in [-0.3, -0.25) is 0 Å². The highest BCUT2D eigenvalue weighted by Gasteiger charge is 2.07. The molecular weight excluding hydrogens is 268 g/mol. The first-order chi connectivity index (χ1) is 10.6. The van der Waals surface area contributed by atoms with Gasteiger partial charge in [-0.1, -0.05) is 48.8 Å². The summed E-state index contributed by atoms with van der Waals surface area (Å²) >= 11 is 0. The first-order valence-corrected chi connectivity index (χ1v) is 8.52. The number of aryl methyl sites for hydroxylation is 1. The lowest BCUT2D eigenvalue weighted by molar-refractivity contribution is 0.408. The number of methoxy groups -OCH3 is 1. The predicted molar refractivity (Wildman–Crippen MR) is 97.7 cm³/mol. The van der Waals surface area contributed by atoms with Gasteiger partial charge in [0.15, 0.2) is 0 Å². The summed E-state index contributed by atoms with van der Waals surface area (Å²) in [4.78, 5) is 0. The molecule has 122 valence electrons. The van der Waals surface area contributed by atoms with Crippen LogP contribution in [-0.4, -0.2) is 7.11 Å². The Bertz CT molecular complexity index is 505. The Balaban J connectivity index is 2.62. The van der Waals surface area contributed by atoms with Crippen LogP contribution in [0.3, 0.4) is 0 Å². The SMILES string of the molecule is CCCc1c(CC/C=C(\C)CCC=C(C)C)cccc1OC. The number of hydrogen-bond acceptors (Lipinski definition) is 1. The van der Waals surface area contributed by atoms with Crippen LogP contribution in [0.5, 0.6) is 5.75 Å². The summed E-state index contributed by atoms with van der Waals surface area (Å²) in [6.07, 6.45) is 11.5. The van der Waals surface area contributed by atoms with Crippen LogP contribution in [0.15, 0.2) is 41.5 Å². The summed E-state index contributed by atoms with van der Waals surface area (Å²) in [6, 6.07) is 6.44. The van der Waals surface area contributed by atoms with Crippen LogP contribution < -0.4 is 4.74 Å². The quantitative estimate of drug-likeness (QED) is 0.488. The number of ether oxygens (including phenoxy) is 1. The van der Waals surface area contributed by atoms with Gasteiger partial charge in [-0.25, -0.2) is 0 Å². The van der Waals surface area contributed by atoms with E-state index in [0.717, 1.165) is 37.9 Å². The Kier molecular flexibility index (Phi) is 8.65. The van der Waals surface area contributed by atoms with Crippen molar-refractivity contribution in [2.24, 2.45) is 0 Å². The topological polar surface area (TPSA) is 9.23 Å². The third kappa shape index (κ3) is 6.51. The highest BCUT2D eigenvalue weighted by Crippen LogP contribution is 2.25. The fourth-order valence-electron chi connectivity index (χ4n) is 2.73. The van der Waals surface area contributed by atoms with Crippen molar-refractivity contribution in [1.82, 2.24) is 0 Å². The van der Waals surface area contributed by atoms with Crippen molar-refractivity contribution in [3.05, 3.63) is 52.6 Å². The molecule has 22 heavy (non-hydrogen) atoms. The summed E-state index contributed by atoms with van der Waals surface area (Å²) in [5.74, 6) is 1.05. The predicted octanol–water partition coefficient (Wildman–Crippen LogP) is 6.27. The summed E-state index contributed by atoms with van der Waals surface area (Å²) in [7, 11) is 1.77. The molecule has 0 saturated carbocycles. The second-order valence-corrected chi connectivity index (χ2v) is 6.26. The van der Waals surface area contributed by atoms with Gasteiger partial charge in [0.2, 0.25) is 0 Å². The molecule has 0 amide bonds. The normalized spacial score (nSPS) is 11.4. The number of hydrogen-bond donors (Lipinski definition) is 0. The van der Waals surface area contributed by atoms with Crippen molar-refractivity contribution in [1.29, 1.82) is 0 Å². The molecule has 1 nitrogen and oxygen atoms in total. The Morgan fingerprint density at radius 3 is 2.45 bits per heavy atom. The first-order valence-electron chi connectivity index (χ1n) is 8.52. The van der Waals surface area contributed by atoms with Crippen molar-refractivity contribution in [3.63, 3.8) is 0 Å². The largest absolute Gasteiger partial charge is 0.496 e. The van der Waals surface area contributed by atoms with Crippen LogP contribution in [0.4, 0.5) is 0 Å². The highest BCUT2D eigenvalue weighted by atomic mass is 16.5. The molecule has 0 fully saturated rings. The van der Waals surface area contributed by atoms with Gasteiger partial charge in [-0.05, 0) is 70.1 Å². The fraction of sp³-hybridized carbons (Fsp3) is 0.524. The van der Waals surface area contributed by atoms with Gasteiger partial charge in [0, 0.05) is 0 Å². The zero-order valence-electron chi connectivity index (χ0n) is 15.0. The monoisotopic (exact) mass is 300 g/mol. The molecule has 1 aromatic rings. The van der Waals surface area contributed by atoms with Gasteiger partial charge in [0.05, 0.1) is 7.11 Å². The molecule has 0 aromatic heterocycles. The fourth-order valence-corrected chi connectivity index (χ4v) is 2.73. The Morgan fingerprint density at radius 2 is 1.82 bits per heavy atom. The number of rotatable bonds is 9. The molecule has 0 aliphatic carbocycles. The second-order valence-electron chi connectivity index (χ2n) is 6.26. The zero-order chi connectivity index (χ0) is 16.4. The molecule has 0 saturated heterocycles.